The summed E-state index contributed by atoms with van der Waals surface area (Å²) >= 11 is 0. The van der Waals surface area contributed by atoms with Gasteiger partial charge in [-0.1, -0.05) is 30.3 Å². The normalized spacial score (nSPS) is 20.3. The first-order valence-corrected chi connectivity index (χ1v) is 7.56. The lowest BCUT2D eigenvalue weighted by Gasteiger charge is -2.30. The van der Waals surface area contributed by atoms with Crippen LogP contribution in [0.5, 0.6) is 0 Å². The van der Waals surface area contributed by atoms with E-state index in [-0.39, 0.29) is 6.10 Å². The van der Waals surface area contributed by atoms with Gasteiger partial charge in [-0.2, -0.15) is 0 Å². The lowest BCUT2D eigenvalue weighted by atomic mass is 10.1. The Bertz CT molecular complexity index is 435. The van der Waals surface area contributed by atoms with Crippen molar-refractivity contribution in [2.24, 2.45) is 4.99 Å². The van der Waals surface area contributed by atoms with Gasteiger partial charge in [0.15, 0.2) is 5.96 Å². The molecule has 1 fully saturated rings. The summed E-state index contributed by atoms with van der Waals surface area (Å²) in [7, 11) is 3.92. The maximum Gasteiger partial charge on any atom is 0.191 e. The fourth-order valence-electron chi connectivity index (χ4n) is 2.39. The zero-order chi connectivity index (χ0) is 14.9. The molecule has 1 heterocycles. The Labute approximate surface area is 127 Å². The lowest BCUT2D eigenvalue weighted by molar-refractivity contribution is -0.0161. The smallest absolute Gasteiger partial charge is 0.191 e. The van der Waals surface area contributed by atoms with E-state index in [1.54, 1.807) is 7.05 Å². The van der Waals surface area contributed by atoms with E-state index in [9.17, 15) is 0 Å². The number of aliphatic imine (C=N–C) groups is 1. The molecule has 1 aliphatic rings. The number of likely N-dealkylation sites (N-methyl/N-ethyl adjacent to an activating group) is 1. The first-order chi connectivity index (χ1) is 10.3. The number of morpholine rings is 1. The van der Waals surface area contributed by atoms with Crippen molar-refractivity contribution in [1.29, 1.82) is 0 Å². The van der Waals surface area contributed by atoms with Gasteiger partial charge in [-0.25, -0.2) is 0 Å². The summed E-state index contributed by atoms with van der Waals surface area (Å²) < 4.78 is 5.73. The van der Waals surface area contributed by atoms with Crippen LogP contribution in [0.1, 0.15) is 5.56 Å². The van der Waals surface area contributed by atoms with Gasteiger partial charge in [0.1, 0.15) is 0 Å². The minimum Gasteiger partial charge on any atom is -0.374 e. The van der Waals surface area contributed by atoms with Crippen LogP contribution in [-0.2, 0) is 11.2 Å². The van der Waals surface area contributed by atoms with Crippen LogP contribution in [0.2, 0.25) is 0 Å². The van der Waals surface area contributed by atoms with Crippen LogP contribution in [0.3, 0.4) is 0 Å². The zero-order valence-electron chi connectivity index (χ0n) is 13.0. The van der Waals surface area contributed by atoms with Gasteiger partial charge in [-0.05, 0) is 19.0 Å². The maximum atomic E-state index is 5.73. The Balaban J connectivity index is 1.66. The van der Waals surface area contributed by atoms with Gasteiger partial charge >= 0.3 is 0 Å². The first kappa shape index (κ1) is 15.8. The van der Waals surface area contributed by atoms with Crippen molar-refractivity contribution >= 4 is 5.96 Å². The molecule has 5 nitrogen and oxygen atoms in total. The molecule has 0 radical (unpaired) electrons. The molecule has 1 saturated heterocycles. The lowest BCUT2D eigenvalue weighted by Crippen LogP contribution is -2.48. The molecule has 5 heteroatoms. The quantitative estimate of drug-likeness (QED) is 0.620. The van der Waals surface area contributed by atoms with Crippen LogP contribution >= 0.6 is 0 Å². The Morgan fingerprint density at radius 2 is 2.14 bits per heavy atom. The largest absolute Gasteiger partial charge is 0.374 e. The predicted molar refractivity (Wildman–Crippen MR) is 86.7 cm³/mol. The standard InChI is InChI=1S/C16H26N4O/c1-17-16(18-9-8-14-6-4-3-5-7-14)19-12-15-13-20(2)10-11-21-15/h3-7,15H,8-13H2,1-2H3,(H2,17,18,19). The van der Waals surface area contributed by atoms with E-state index in [2.05, 4.69) is 51.8 Å². The van der Waals surface area contributed by atoms with E-state index in [1.807, 2.05) is 6.07 Å². The first-order valence-electron chi connectivity index (χ1n) is 7.56. The molecule has 1 aliphatic heterocycles. The van der Waals surface area contributed by atoms with Gasteiger partial charge in [0.05, 0.1) is 12.7 Å². The van der Waals surface area contributed by atoms with E-state index in [1.165, 1.54) is 5.56 Å². The molecule has 0 aromatic heterocycles. The summed E-state index contributed by atoms with van der Waals surface area (Å²) in [6.45, 7) is 4.45. The molecule has 1 aromatic carbocycles. The molecule has 116 valence electrons. The van der Waals surface area contributed by atoms with Gasteiger partial charge in [-0.3, -0.25) is 4.99 Å². The summed E-state index contributed by atoms with van der Waals surface area (Å²) in [5.74, 6) is 0.836. The summed E-state index contributed by atoms with van der Waals surface area (Å²) in [6.07, 6.45) is 1.22. The van der Waals surface area contributed by atoms with Crippen molar-refractivity contribution in [3.05, 3.63) is 35.9 Å². The highest BCUT2D eigenvalue weighted by Gasteiger charge is 2.17. The molecule has 1 aromatic rings. The third-order valence-electron chi connectivity index (χ3n) is 3.61. The Morgan fingerprint density at radius 1 is 1.33 bits per heavy atom. The predicted octanol–water partition coefficient (Wildman–Crippen LogP) is 0.725. The Hall–Kier alpha value is -1.59. The van der Waals surface area contributed by atoms with Crippen molar-refractivity contribution in [3.63, 3.8) is 0 Å². The van der Waals surface area contributed by atoms with E-state index in [0.29, 0.717) is 0 Å². The molecule has 1 unspecified atom stereocenters. The fraction of sp³-hybridized carbons (Fsp3) is 0.562. The van der Waals surface area contributed by atoms with E-state index in [4.69, 9.17) is 4.74 Å². The average Bonchev–Trinajstić information content (AvgIpc) is 2.52. The summed E-state index contributed by atoms with van der Waals surface area (Å²) in [6, 6.07) is 10.5. The van der Waals surface area contributed by atoms with Gasteiger partial charge in [0.2, 0.25) is 0 Å². The van der Waals surface area contributed by atoms with Crippen molar-refractivity contribution in [2.75, 3.05) is 46.9 Å². The van der Waals surface area contributed by atoms with E-state index < -0.39 is 0 Å². The summed E-state index contributed by atoms with van der Waals surface area (Å²) in [4.78, 5) is 6.54. The molecule has 0 bridgehead atoms. The molecule has 0 amide bonds. The van der Waals surface area contributed by atoms with Crippen molar-refractivity contribution in [1.82, 2.24) is 15.5 Å². The Kier molecular flexibility index (Phi) is 6.50. The number of hydrogen-bond donors (Lipinski definition) is 2. The number of guanidine groups is 1. The second-order valence-electron chi connectivity index (χ2n) is 5.37. The van der Waals surface area contributed by atoms with Gasteiger partial charge in [0, 0.05) is 33.2 Å². The average molecular weight is 290 g/mol. The number of nitrogens with one attached hydrogen (secondary N) is 2. The molecule has 0 saturated carbocycles. The minimum absolute atomic E-state index is 0.233. The van der Waals surface area contributed by atoms with Crippen LogP contribution in [0.25, 0.3) is 0 Å². The molecular formula is C16H26N4O. The van der Waals surface area contributed by atoms with Crippen LogP contribution in [0.15, 0.2) is 35.3 Å². The van der Waals surface area contributed by atoms with Crippen LogP contribution in [-0.4, -0.2) is 63.8 Å². The van der Waals surface area contributed by atoms with Gasteiger partial charge in [-0.15, -0.1) is 0 Å². The van der Waals surface area contributed by atoms with E-state index in [0.717, 1.165) is 45.2 Å². The Morgan fingerprint density at radius 3 is 2.86 bits per heavy atom. The number of benzene rings is 1. The van der Waals surface area contributed by atoms with Crippen LogP contribution < -0.4 is 10.6 Å². The van der Waals surface area contributed by atoms with Gasteiger partial charge in [0.25, 0.3) is 0 Å². The fourth-order valence-corrected chi connectivity index (χ4v) is 2.39. The third-order valence-corrected chi connectivity index (χ3v) is 3.61. The van der Waals surface area contributed by atoms with Crippen LogP contribution in [0.4, 0.5) is 0 Å². The third kappa shape index (κ3) is 5.73. The highest BCUT2D eigenvalue weighted by atomic mass is 16.5. The van der Waals surface area contributed by atoms with Gasteiger partial charge < -0.3 is 20.3 Å². The van der Waals surface area contributed by atoms with E-state index >= 15 is 0 Å². The number of hydrogen-bond acceptors (Lipinski definition) is 3. The molecular weight excluding hydrogens is 264 g/mol. The topological polar surface area (TPSA) is 48.9 Å². The number of ether oxygens (including phenoxy) is 1. The molecule has 2 rings (SSSR count). The summed E-state index contributed by atoms with van der Waals surface area (Å²) in [5.41, 5.74) is 1.33. The molecule has 21 heavy (non-hydrogen) atoms. The number of nitrogens with zero attached hydrogens (tertiary/aromatic N) is 2. The maximum absolute atomic E-state index is 5.73. The molecule has 2 N–H and O–H groups in total. The molecule has 0 aliphatic carbocycles. The van der Waals surface area contributed by atoms with Crippen LogP contribution in [0, 0.1) is 0 Å². The molecule has 0 spiro atoms. The van der Waals surface area contributed by atoms with Crippen molar-refractivity contribution in [2.45, 2.75) is 12.5 Å². The highest BCUT2D eigenvalue weighted by Crippen LogP contribution is 2.01. The van der Waals surface area contributed by atoms with Crippen molar-refractivity contribution < 1.29 is 4.74 Å². The minimum atomic E-state index is 0.233. The number of rotatable bonds is 5. The second-order valence-corrected chi connectivity index (χ2v) is 5.37. The summed E-state index contributed by atoms with van der Waals surface area (Å²) in [5, 5.41) is 6.67. The second kappa shape index (κ2) is 8.64. The molecule has 1 atom stereocenters. The highest BCUT2D eigenvalue weighted by molar-refractivity contribution is 5.79. The van der Waals surface area contributed by atoms with Crippen molar-refractivity contribution in [3.8, 4) is 0 Å². The zero-order valence-corrected chi connectivity index (χ0v) is 13.0. The monoisotopic (exact) mass is 290 g/mol. The SMILES string of the molecule is CN=C(NCCc1ccccc1)NCC1CN(C)CCO1.